The van der Waals surface area contributed by atoms with Gasteiger partial charge in [-0.1, -0.05) is 6.07 Å². The second-order valence-corrected chi connectivity index (χ2v) is 3.03. The maximum Gasteiger partial charge on any atom is 0.169 e. The van der Waals surface area contributed by atoms with Gasteiger partial charge in [0.2, 0.25) is 0 Å². The van der Waals surface area contributed by atoms with Crippen LogP contribution in [0.15, 0.2) is 34.7 Å². The molecule has 0 atom stereocenters. The number of rotatable bonds is 2. The zero-order valence-electron chi connectivity index (χ0n) is 7.71. The van der Waals surface area contributed by atoms with Crippen LogP contribution in [0.4, 0.5) is 8.78 Å². The van der Waals surface area contributed by atoms with Crippen LogP contribution >= 0.6 is 0 Å². The van der Waals surface area contributed by atoms with E-state index in [0.29, 0.717) is 5.76 Å². The summed E-state index contributed by atoms with van der Waals surface area (Å²) in [6.07, 6.45) is 0. The van der Waals surface area contributed by atoms with Crippen molar-refractivity contribution in [2.75, 3.05) is 0 Å². The number of aliphatic hydroxyl groups excluding tert-OH is 1. The van der Waals surface area contributed by atoms with Crippen LogP contribution in [0.3, 0.4) is 0 Å². The molecule has 0 spiro atoms. The van der Waals surface area contributed by atoms with E-state index >= 15 is 0 Å². The van der Waals surface area contributed by atoms with Crippen molar-refractivity contribution in [1.82, 2.24) is 0 Å². The third-order valence-corrected chi connectivity index (χ3v) is 2.03. The van der Waals surface area contributed by atoms with Gasteiger partial charge in [-0.25, -0.2) is 8.78 Å². The zero-order chi connectivity index (χ0) is 10.8. The highest BCUT2D eigenvalue weighted by atomic mass is 19.2. The number of hydrogen-bond donors (Lipinski definition) is 1. The zero-order valence-corrected chi connectivity index (χ0v) is 7.71. The fraction of sp³-hybridized carbons (Fsp3) is 0.0909. The van der Waals surface area contributed by atoms with Crippen molar-refractivity contribution in [2.24, 2.45) is 0 Å². The molecule has 2 rings (SSSR count). The van der Waals surface area contributed by atoms with Gasteiger partial charge < -0.3 is 9.52 Å². The summed E-state index contributed by atoms with van der Waals surface area (Å²) < 4.78 is 31.3. The minimum atomic E-state index is -0.948. The Morgan fingerprint density at radius 2 is 1.93 bits per heavy atom. The second kappa shape index (κ2) is 3.82. The molecule has 0 aliphatic rings. The predicted molar refractivity (Wildman–Crippen MR) is 50.0 cm³/mol. The van der Waals surface area contributed by atoms with Crippen molar-refractivity contribution in [1.29, 1.82) is 0 Å². The standard InChI is InChI=1S/C11H8F2O2/c12-9-3-1-2-8(11(9)13)10-5-4-7(6-14)15-10/h1-5,14H,6H2. The Morgan fingerprint density at radius 3 is 2.60 bits per heavy atom. The van der Waals surface area contributed by atoms with Gasteiger partial charge in [0.1, 0.15) is 18.1 Å². The molecule has 2 aromatic rings. The van der Waals surface area contributed by atoms with E-state index in [0.717, 1.165) is 6.07 Å². The molecule has 1 heterocycles. The maximum absolute atomic E-state index is 13.3. The Bertz CT molecular complexity index is 477. The van der Waals surface area contributed by atoms with Crippen LogP contribution in [-0.2, 0) is 6.61 Å². The molecule has 1 N–H and O–H groups in total. The van der Waals surface area contributed by atoms with Crippen LogP contribution in [0.2, 0.25) is 0 Å². The lowest BCUT2D eigenvalue weighted by Gasteiger charge is -1.99. The molecule has 4 heteroatoms. The summed E-state index contributed by atoms with van der Waals surface area (Å²) in [4.78, 5) is 0. The van der Waals surface area contributed by atoms with Gasteiger partial charge in [-0.15, -0.1) is 0 Å². The van der Waals surface area contributed by atoms with E-state index in [1.54, 1.807) is 0 Å². The number of hydrogen-bond acceptors (Lipinski definition) is 2. The van der Waals surface area contributed by atoms with E-state index < -0.39 is 11.6 Å². The SMILES string of the molecule is OCc1ccc(-c2cccc(F)c2F)o1. The van der Waals surface area contributed by atoms with Gasteiger partial charge in [0, 0.05) is 0 Å². The Morgan fingerprint density at radius 1 is 1.13 bits per heavy atom. The molecule has 0 fully saturated rings. The number of benzene rings is 1. The lowest BCUT2D eigenvalue weighted by Crippen LogP contribution is -1.87. The summed E-state index contributed by atoms with van der Waals surface area (Å²) in [7, 11) is 0. The van der Waals surface area contributed by atoms with E-state index in [1.165, 1.54) is 24.3 Å². The van der Waals surface area contributed by atoms with Gasteiger partial charge in [0.15, 0.2) is 11.6 Å². The van der Waals surface area contributed by atoms with Crippen molar-refractivity contribution < 1.29 is 18.3 Å². The smallest absolute Gasteiger partial charge is 0.169 e. The molecule has 0 unspecified atom stereocenters. The highest BCUT2D eigenvalue weighted by molar-refractivity contribution is 5.58. The Labute approximate surface area is 84.8 Å². The van der Waals surface area contributed by atoms with Crippen molar-refractivity contribution in [2.45, 2.75) is 6.61 Å². The number of furan rings is 1. The van der Waals surface area contributed by atoms with Gasteiger partial charge in [-0.3, -0.25) is 0 Å². The largest absolute Gasteiger partial charge is 0.459 e. The van der Waals surface area contributed by atoms with Crippen molar-refractivity contribution >= 4 is 0 Å². The van der Waals surface area contributed by atoms with Crippen molar-refractivity contribution in [3.8, 4) is 11.3 Å². The van der Waals surface area contributed by atoms with Gasteiger partial charge in [-0.05, 0) is 24.3 Å². The van der Waals surface area contributed by atoms with E-state index in [-0.39, 0.29) is 17.9 Å². The molecule has 15 heavy (non-hydrogen) atoms. The molecule has 0 saturated carbocycles. The van der Waals surface area contributed by atoms with E-state index in [9.17, 15) is 8.78 Å². The van der Waals surface area contributed by atoms with E-state index in [2.05, 4.69) is 0 Å². The Balaban J connectivity index is 2.49. The van der Waals surface area contributed by atoms with Crippen LogP contribution in [0.25, 0.3) is 11.3 Å². The number of aliphatic hydroxyl groups is 1. The van der Waals surface area contributed by atoms with Crippen LogP contribution in [0.1, 0.15) is 5.76 Å². The molecule has 0 bridgehead atoms. The molecular formula is C11H8F2O2. The average Bonchev–Trinajstić information content (AvgIpc) is 2.70. The molecule has 0 radical (unpaired) electrons. The van der Waals surface area contributed by atoms with E-state index in [1.807, 2.05) is 0 Å². The third-order valence-electron chi connectivity index (χ3n) is 2.03. The molecular weight excluding hydrogens is 202 g/mol. The quantitative estimate of drug-likeness (QED) is 0.826. The van der Waals surface area contributed by atoms with Crippen LogP contribution in [-0.4, -0.2) is 5.11 Å². The summed E-state index contributed by atoms with van der Waals surface area (Å²) in [5.41, 5.74) is 0.0506. The predicted octanol–water partition coefficient (Wildman–Crippen LogP) is 2.72. The summed E-state index contributed by atoms with van der Waals surface area (Å²) in [5.74, 6) is -1.35. The maximum atomic E-state index is 13.3. The summed E-state index contributed by atoms with van der Waals surface area (Å²) >= 11 is 0. The van der Waals surface area contributed by atoms with Gasteiger partial charge in [0.25, 0.3) is 0 Å². The van der Waals surface area contributed by atoms with Gasteiger partial charge >= 0.3 is 0 Å². The first-order chi connectivity index (χ1) is 7.22. The van der Waals surface area contributed by atoms with Crippen molar-refractivity contribution in [3.05, 3.63) is 47.7 Å². The van der Waals surface area contributed by atoms with Crippen LogP contribution in [0.5, 0.6) is 0 Å². The van der Waals surface area contributed by atoms with E-state index in [4.69, 9.17) is 9.52 Å². The first-order valence-corrected chi connectivity index (χ1v) is 4.36. The molecule has 0 saturated heterocycles. The topological polar surface area (TPSA) is 33.4 Å². The molecule has 0 aliphatic carbocycles. The van der Waals surface area contributed by atoms with Crippen LogP contribution < -0.4 is 0 Å². The summed E-state index contributed by atoms with van der Waals surface area (Å²) in [6.45, 7) is -0.267. The normalized spacial score (nSPS) is 10.6. The summed E-state index contributed by atoms with van der Waals surface area (Å²) in [5, 5.41) is 8.76. The molecule has 0 aliphatic heterocycles. The average molecular weight is 210 g/mol. The van der Waals surface area contributed by atoms with Crippen LogP contribution in [0, 0.1) is 11.6 Å². The first kappa shape index (κ1) is 9.86. The van der Waals surface area contributed by atoms with Crippen molar-refractivity contribution in [3.63, 3.8) is 0 Å². The monoisotopic (exact) mass is 210 g/mol. The Kier molecular flexibility index (Phi) is 2.51. The molecule has 78 valence electrons. The second-order valence-electron chi connectivity index (χ2n) is 3.03. The lowest BCUT2D eigenvalue weighted by atomic mass is 10.1. The molecule has 0 amide bonds. The molecule has 1 aromatic carbocycles. The highest BCUT2D eigenvalue weighted by Gasteiger charge is 2.12. The fourth-order valence-electron chi connectivity index (χ4n) is 1.30. The highest BCUT2D eigenvalue weighted by Crippen LogP contribution is 2.26. The first-order valence-electron chi connectivity index (χ1n) is 4.36. The van der Waals surface area contributed by atoms with Gasteiger partial charge in [0.05, 0.1) is 5.56 Å². The summed E-state index contributed by atoms with van der Waals surface area (Å²) in [6, 6.07) is 6.85. The third kappa shape index (κ3) is 1.76. The molecule has 2 nitrogen and oxygen atoms in total. The lowest BCUT2D eigenvalue weighted by molar-refractivity contribution is 0.248. The van der Waals surface area contributed by atoms with Gasteiger partial charge in [-0.2, -0.15) is 0 Å². The minimum absolute atomic E-state index is 0.0506. The number of halogens is 2. The Hall–Kier alpha value is -1.68. The minimum Gasteiger partial charge on any atom is -0.459 e. The fourth-order valence-corrected chi connectivity index (χ4v) is 1.30. The molecule has 1 aromatic heterocycles.